The second-order valence-corrected chi connectivity index (χ2v) is 3.00. The Balaban J connectivity index is 3.06. The highest BCUT2D eigenvalue weighted by molar-refractivity contribution is 6.31. The van der Waals surface area contributed by atoms with Gasteiger partial charge in [0.1, 0.15) is 0 Å². The lowest BCUT2D eigenvalue weighted by molar-refractivity contribution is 1.20. The zero-order valence-corrected chi connectivity index (χ0v) is 7.76. The number of nitriles is 1. The summed E-state index contributed by atoms with van der Waals surface area (Å²) in [5.41, 5.74) is 1.83. The minimum Gasteiger partial charge on any atom is -0.283 e. The van der Waals surface area contributed by atoms with E-state index in [9.17, 15) is 0 Å². The van der Waals surface area contributed by atoms with Crippen molar-refractivity contribution in [3.63, 3.8) is 0 Å². The fraction of sp³-hybridized carbons (Fsp3) is 0.222. The molecule has 0 atom stereocenters. The fourth-order valence-corrected chi connectivity index (χ4v) is 1.02. The van der Waals surface area contributed by atoms with Gasteiger partial charge in [-0.2, -0.15) is 5.26 Å². The van der Waals surface area contributed by atoms with Crippen LogP contribution in [0.3, 0.4) is 0 Å². The summed E-state index contributed by atoms with van der Waals surface area (Å²) in [6, 6.07) is 5.54. The van der Waals surface area contributed by atoms with Crippen molar-refractivity contribution in [1.29, 1.82) is 5.26 Å². The third-order valence-electron chi connectivity index (χ3n) is 1.69. The highest BCUT2D eigenvalue weighted by Crippen LogP contribution is 2.21. The van der Waals surface area contributed by atoms with Crippen LogP contribution in [0.2, 0.25) is 5.02 Å². The van der Waals surface area contributed by atoms with Crippen LogP contribution in [-0.2, 0) is 0 Å². The molecule has 0 aromatic heterocycles. The van der Waals surface area contributed by atoms with Gasteiger partial charge in [-0.3, -0.25) is 4.90 Å². The third kappa shape index (κ3) is 1.69. The number of anilines is 1. The Kier molecular flexibility index (Phi) is 2.57. The molecule has 0 bridgehead atoms. The van der Waals surface area contributed by atoms with Crippen molar-refractivity contribution < 1.29 is 0 Å². The van der Waals surface area contributed by atoms with Gasteiger partial charge in [-0.1, -0.05) is 17.7 Å². The molecule has 0 aliphatic rings. The van der Waals surface area contributed by atoms with Crippen LogP contribution in [0.1, 0.15) is 5.56 Å². The van der Waals surface area contributed by atoms with E-state index in [1.807, 2.05) is 25.2 Å². The van der Waals surface area contributed by atoms with Crippen LogP contribution in [0.5, 0.6) is 0 Å². The first-order chi connectivity index (χ1) is 5.65. The smallest absolute Gasteiger partial charge is 0.183 e. The average Bonchev–Trinajstić information content (AvgIpc) is 2.08. The van der Waals surface area contributed by atoms with Crippen molar-refractivity contribution in [2.24, 2.45) is 0 Å². The summed E-state index contributed by atoms with van der Waals surface area (Å²) >= 11 is 5.88. The predicted octanol–water partition coefficient (Wildman–Crippen LogP) is 2.57. The van der Waals surface area contributed by atoms with E-state index in [-0.39, 0.29) is 0 Å². The Morgan fingerprint density at radius 2 is 2.17 bits per heavy atom. The van der Waals surface area contributed by atoms with Gasteiger partial charge in [-0.15, -0.1) is 0 Å². The summed E-state index contributed by atoms with van der Waals surface area (Å²) < 4.78 is 0. The molecule has 0 aliphatic heterocycles. The van der Waals surface area contributed by atoms with E-state index < -0.39 is 0 Å². The average molecular weight is 181 g/mol. The highest BCUT2D eigenvalue weighted by Gasteiger charge is 2.00. The second kappa shape index (κ2) is 3.46. The van der Waals surface area contributed by atoms with Crippen molar-refractivity contribution in [2.45, 2.75) is 6.92 Å². The summed E-state index contributed by atoms with van der Waals surface area (Å²) in [6.45, 7) is 1.93. The first-order valence-corrected chi connectivity index (χ1v) is 3.92. The molecule has 0 heterocycles. The Labute approximate surface area is 77.0 Å². The van der Waals surface area contributed by atoms with E-state index >= 15 is 0 Å². The number of hydrogen-bond donors (Lipinski definition) is 0. The van der Waals surface area contributed by atoms with Crippen molar-refractivity contribution in [1.82, 2.24) is 0 Å². The summed E-state index contributed by atoms with van der Waals surface area (Å²) in [5, 5.41) is 9.27. The van der Waals surface area contributed by atoms with Gasteiger partial charge in [0, 0.05) is 12.1 Å². The molecule has 0 radical (unpaired) electrons. The molecule has 62 valence electrons. The molecule has 0 N–H and O–H groups in total. The maximum Gasteiger partial charge on any atom is 0.183 e. The molecule has 12 heavy (non-hydrogen) atoms. The van der Waals surface area contributed by atoms with Gasteiger partial charge in [0.2, 0.25) is 0 Å². The van der Waals surface area contributed by atoms with E-state index in [4.69, 9.17) is 16.9 Å². The summed E-state index contributed by atoms with van der Waals surface area (Å²) in [6.07, 6.45) is 2.00. The van der Waals surface area contributed by atoms with E-state index in [2.05, 4.69) is 0 Å². The number of halogens is 1. The minimum atomic E-state index is 0.689. The van der Waals surface area contributed by atoms with Crippen LogP contribution in [0.25, 0.3) is 0 Å². The van der Waals surface area contributed by atoms with Gasteiger partial charge in [0.25, 0.3) is 0 Å². The maximum atomic E-state index is 8.58. The number of aryl methyl sites for hydroxylation is 1. The van der Waals surface area contributed by atoms with Crippen LogP contribution in [-0.4, -0.2) is 7.05 Å². The van der Waals surface area contributed by atoms with Crippen LogP contribution in [0.4, 0.5) is 5.69 Å². The number of nitrogens with zero attached hydrogens (tertiary/aromatic N) is 2. The molecule has 2 nitrogen and oxygen atoms in total. The minimum absolute atomic E-state index is 0.689. The van der Waals surface area contributed by atoms with Crippen LogP contribution < -0.4 is 4.90 Å². The van der Waals surface area contributed by atoms with Crippen LogP contribution in [0, 0.1) is 18.4 Å². The van der Waals surface area contributed by atoms with E-state index in [0.29, 0.717) is 5.02 Å². The molecular formula is C9H9ClN2. The zero-order valence-electron chi connectivity index (χ0n) is 7.00. The lowest BCUT2D eigenvalue weighted by Crippen LogP contribution is -2.07. The Morgan fingerprint density at radius 3 is 2.67 bits per heavy atom. The molecule has 0 saturated carbocycles. The van der Waals surface area contributed by atoms with Gasteiger partial charge < -0.3 is 0 Å². The van der Waals surface area contributed by atoms with Crippen molar-refractivity contribution in [2.75, 3.05) is 11.9 Å². The lowest BCUT2D eigenvalue weighted by Gasteiger charge is -2.09. The molecule has 0 unspecified atom stereocenters. The largest absolute Gasteiger partial charge is 0.283 e. The summed E-state index contributed by atoms with van der Waals surface area (Å²) in [4.78, 5) is 1.46. The Morgan fingerprint density at radius 1 is 1.50 bits per heavy atom. The van der Waals surface area contributed by atoms with E-state index in [1.54, 1.807) is 13.1 Å². The standard InChI is InChI=1S/C9H9ClN2/c1-7-3-4-8(5-9(7)10)12(2)6-11/h3-5H,1-2H3. The van der Waals surface area contributed by atoms with Crippen molar-refractivity contribution >= 4 is 17.3 Å². The molecule has 0 saturated heterocycles. The molecular weight excluding hydrogens is 172 g/mol. The van der Waals surface area contributed by atoms with E-state index in [0.717, 1.165) is 11.3 Å². The van der Waals surface area contributed by atoms with Crippen molar-refractivity contribution in [3.8, 4) is 6.19 Å². The number of hydrogen-bond acceptors (Lipinski definition) is 2. The predicted molar refractivity (Wildman–Crippen MR) is 50.2 cm³/mol. The summed E-state index contributed by atoms with van der Waals surface area (Å²) in [7, 11) is 1.70. The molecule has 0 aliphatic carbocycles. The fourth-order valence-electron chi connectivity index (χ4n) is 0.848. The van der Waals surface area contributed by atoms with Gasteiger partial charge in [0.05, 0.1) is 5.69 Å². The maximum absolute atomic E-state index is 8.58. The third-order valence-corrected chi connectivity index (χ3v) is 2.10. The second-order valence-electron chi connectivity index (χ2n) is 2.59. The first kappa shape index (κ1) is 8.89. The van der Waals surface area contributed by atoms with Gasteiger partial charge in [0.15, 0.2) is 6.19 Å². The number of rotatable bonds is 1. The lowest BCUT2D eigenvalue weighted by atomic mass is 10.2. The molecule has 1 rings (SSSR count). The van der Waals surface area contributed by atoms with E-state index in [1.165, 1.54) is 4.90 Å². The monoisotopic (exact) mass is 180 g/mol. The Hall–Kier alpha value is -1.20. The molecule has 0 amide bonds. The van der Waals surface area contributed by atoms with Crippen molar-refractivity contribution in [3.05, 3.63) is 28.8 Å². The van der Waals surface area contributed by atoms with Crippen LogP contribution >= 0.6 is 11.6 Å². The molecule has 0 fully saturated rings. The molecule has 1 aromatic carbocycles. The Bertz CT molecular complexity index is 328. The zero-order chi connectivity index (χ0) is 9.14. The molecule has 3 heteroatoms. The SMILES string of the molecule is Cc1ccc(N(C)C#N)cc1Cl. The molecule has 1 aromatic rings. The quantitative estimate of drug-likeness (QED) is 0.491. The summed E-state index contributed by atoms with van der Waals surface area (Å²) in [5.74, 6) is 0. The normalized spacial score (nSPS) is 9.17. The molecule has 0 spiro atoms. The van der Waals surface area contributed by atoms with Gasteiger partial charge in [-0.05, 0) is 24.6 Å². The van der Waals surface area contributed by atoms with Gasteiger partial charge >= 0.3 is 0 Å². The van der Waals surface area contributed by atoms with Gasteiger partial charge in [-0.25, -0.2) is 0 Å². The topological polar surface area (TPSA) is 27.0 Å². The highest BCUT2D eigenvalue weighted by atomic mass is 35.5. The first-order valence-electron chi connectivity index (χ1n) is 3.55. The van der Waals surface area contributed by atoms with Crippen LogP contribution in [0.15, 0.2) is 18.2 Å². The number of benzene rings is 1.